The van der Waals surface area contributed by atoms with Crippen molar-refractivity contribution in [1.82, 2.24) is 15.5 Å². The molecule has 0 atom stereocenters. The first kappa shape index (κ1) is 21.1. The van der Waals surface area contributed by atoms with Gasteiger partial charge in [-0.2, -0.15) is 0 Å². The highest BCUT2D eigenvalue weighted by atomic mass is 19.2. The highest BCUT2D eigenvalue weighted by Gasteiger charge is 2.04. The maximum absolute atomic E-state index is 13.1. The van der Waals surface area contributed by atoms with Crippen molar-refractivity contribution in [1.29, 1.82) is 0 Å². The van der Waals surface area contributed by atoms with E-state index in [0.29, 0.717) is 24.9 Å². The number of rotatable bonds is 11. The highest BCUT2D eigenvalue weighted by molar-refractivity contribution is 5.79. The van der Waals surface area contributed by atoms with Gasteiger partial charge in [-0.1, -0.05) is 0 Å². The average Bonchev–Trinajstić information content (AvgIpc) is 2.60. The van der Waals surface area contributed by atoms with Gasteiger partial charge in [0, 0.05) is 46.5 Å². The molecule has 6 nitrogen and oxygen atoms in total. The number of hydrogen-bond donors (Lipinski definition) is 2. The van der Waals surface area contributed by atoms with Gasteiger partial charge in [-0.25, -0.2) is 8.78 Å². The first-order chi connectivity index (χ1) is 12.1. The van der Waals surface area contributed by atoms with E-state index >= 15 is 0 Å². The third-order valence-corrected chi connectivity index (χ3v) is 3.45. The van der Waals surface area contributed by atoms with Gasteiger partial charge in [0.2, 0.25) is 0 Å². The van der Waals surface area contributed by atoms with E-state index in [0.717, 1.165) is 44.8 Å². The molecule has 0 bridgehead atoms. The summed E-state index contributed by atoms with van der Waals surface area (Å²) < 4.78 is 36.3. The van der Waals surface area contributed by atoms with E-state index in [4.69, 9.17) is 9.47 Å². The molecule has 1 aromatic carbocycles. The van der Waals surface area contributed by atoms with Gasteiger partial charge in [0.15, 0.2) is 17.6 Å². The molecule has 0 saturated carbocycles. The van der Waals surface area contributed by atoms with Crippen LogP contribution in [0.15, 0.2) is 23.2 Å². The monoisotopic (exact) mass is 358 g/mol. The van der Waals surface area contributed by atoms with Crippen LogP contribution in [0, 0.1) is 11.6 Å². The number of nitrogens with zero attached hydrogens (tertiary/aromatic N) is 2. The number of ether oxygens (including phenoxy) is 2. The van der Waals surface area contributed by atoms with Crippen molar-refractivity contribution in [2.45, 2.75) is 6.42 Å². The third kappa shape index (κ3) is 9.21. The molecule has 142 valence electrons. The predicted octanol–water partition coefficient (Wildman–Crippen LogP) is 1.48. The molecule has 0 heterocycles. The molecule has 0 aliphatic rings. The summed E-state index contributed by atoms with van der Waals surface area (Å²) in [7, 11) is 5.45. The second-order valence-electron chi connectivity index (χ2n) is 5.50. The summed E-state index contributed by atoms with van der Waals surface area (Å²) >= 11 is 0. The fraction of sp³-hybridized carbons (Fsp3) is 0.588. The van der Waals surface area contributed by atoms with Gasteiger partial charge < -0.3 is 25.0 Å². The van der Waals surface area contributed by atoms with Crippen molar-refractivity contribution >= 4 is 5.96 Å². The number of nitrogens with one attached hydrogen (secondary N) is 2. The SMILES string of the molecule is CN=C(NCCOc1ccc(F)c(F)c1)NCCN(C)CCCOC. The minimum atomic E-state index is -0.919. The maximum atomic E-state index is 13.1. The Kier molecular flexibility index (Phi) is 10.5. The standard InChI is InChI=1S/C17H28F2N4O2/c1-20-17(21-7-10-23(2)9-4-11-24-3)22-8-12-25-14-5-6-15(18)16(19)13-14/h5-6,13H,4,7-12H2,1-3H3,(H2,20,21,22). The molecule has 0 radical (unpaired) electrons. The molecule has 25 heavy (non-hydrogen) atoms. The highest BCUT2D eigenvalue weighted by Crippen LogP contribution is 2.14. The number of methoxy groups -OCH3 is 1. The zero-order chi connectivity index (χ0) is 18.5. The number of halogens is 2. The summed E-state index contributed by atoms with van der Waals surface area (Å²) in [4.78, 5) is 6.34. The maximum Gasteiger partial charge on any atom is 0.191 e. The van der Waals surface area contributed by atoms with Crippen molar-refractivity contribution in [3.05, 3.63) is 29.8 Å². The topological polar surface area (TPSA) is 58.1 Å². The van der Waals surface area contributed by atoms with Crippen molar-refractivity contribution < 1.29 is 18.3 Å². The summed E-state index contributed by atoms with van der Waals surface area (Å²) in [6, 6.07) is 3.47. The lowest BCUT2D eigenvalue weighted by atomic mass is 10.3. The molecule has 0 aromatic heterocycles. The van der Waals surface area contributed by atoms with E-state index in [2.05, 4.69) is 27.6 Å². The Morgan fingerprint density at radius 3 is 2.56 bits per heavy atom. The van der Waals surface area contributed by atoms with Gasteiger partial charge in [0.25, 0.3) is 0 Å². The molecular weight excluding hydrogens is 330 g/mol. The number of hydrogen-bond acceptors (Lipinski definition) is 4. The van der Waals surface area contributed by atoms with Crippen molar-refractivity contribution in [2.75, 3.05) is 60.6 Å². The fourth-order valence-electron chi connectivity index (χ4n) is 2.08. The predicted molar refractivity (Wildman–Crippen MR) is 95.2 cm³/mol. The Hall–Kier alpha value is -1.93. The van der Waals surface area contributed by atoms with E-state index in [1.807, 2.05) is 0 Å². The van der Waals surface area contributed by atoms with Crippen LogP contribution in [0.5, 0.6) is 5.75 Å². The third-order valence-electron chi connectivity index (χ3n) is 3.45. The van der Waals surface area contributed by atoms with Gasteiger partial charge >= 0.3 is 0 Å². The van der Waals surface area contributed by atoms with Crippen molar-refractivity contribution in [2.24, 2.45) is 4.99 Å². The zero-order valence-corrected chi connectivity index (χ0v) is 15.1. The van der Waals surface area contributed by atoms with E-state index in [1.165, 1.54) is 6.07 Å². The van der Waals surface area contributed by atoms with E-state index in [1.54, 1.807) is 14.2 Å². The van der Waals surface area contributed by atoms with E-state index in [-0.39, 0.29) is 0 Å². The summed E-state index contributed by atoms with van der Waals surface area (Å²) in [5.41, 5.74) is 0. The second-order valence-corrected chi connectivity index (χ2v) is 5.50. The molecule has 0 spiro atoms. The van der Waals surface area contributed by atoms with Crippen LogP contribution in [0.3, 0.4) is 0 Å². The first-order valence-electron chi connectivity index (χ1n) is 8.26. The number of benzene rings is 1. The Morgan fingerprint density at radius 1 is 1.12 bits per heavy atom. The van der Waals surface area contributed by atoms with Crippen LogP contribution in [0.4, 0.5) is 8.78 Å². The minimum Gasteiger partial charge on any atom is -0.492 e. The molecule has 0 amide bonds. The van der Waals surface area contributed by atoms with Crippen molar-refractivity contribution in [3.8, 4) is 5.75 Å². The van der Waals surface area contributed by atoms with Gasteiger partial charge in [-0.3, -0.25) is 4.99 Å². The average molecular weight is 358 g/mol. The van der Waals surface area contributed by atoms with Crippen LogP contribution < -0.4 is 15.4 Å². The molecule has 0 aliphatic carbocycles. The number of likely N-dealkylation sites (N-methyl/N-ethyl adjacent to an activating group) is 1. The lowest BCUT2D eigenvalue weighted by Crippen LogP contribution is -2.42. The molecule has 1 rings (SSSR count). The molecule has 0 aliphatic heterocycles. The molecule has 8 heteroatoms. The number of guanidine groups is 1. The molecule has 2 N–H and O–H groups in total. The van der Waals surface area contributed by atoms with Gasteiger partial charge in [-0.15, -0.1) is 0 Å². The lowest BCUT2D eigenvalue weighted by molar-refractivity contribution is 0.180. The molecular formula is C17H28F2N4O2. The second kappa shape index (κ2) is 12.4. The summed E-state index contributed by atoms with van der Waals surface area (Å²) in [6.45, 7) is 4.18. The Bertz CT molecular complexity index is 529. The van der Waals surface area contributed by atoms with Crippen LogP contribution in [0.25, 0.3) is 0 Å². The van der Waals surface area contributed by atoms with Crippen LogP contribution in [0.1, 0.15) is 6.42 Å². The van der Waals surface area contributed by atoms with Gasteiger partial charge in [0.05, 0.1) is 6.54 Å². The largest absolute Gasteiger partial charge is 0.492 e. The summed E-state index contributed by atoms with van der Waals surface area (Å²) in [5, 5.41) is 6.31. The molecule has 0 fully saturated rings. The smallest absolute Gasteiger partial charge is 0.191 e. The number of aliphatic imine (C=N–C) groups is 1. The minimum absolute atomic E-state index is 0.293. The fourth-order valence-corrected chi connectivity index (χ4v) is 2.08. The normalized spacial score (nSPS) is 11.7. The Labute approximate surface area is 148 Å². The van der Waals surface area contributed by atoms with Crippen LogP contribution >= 0.6 is 0 Å². The molecule has 0 saturated heterocycles. The summed E-state index contributed by atoms with van der Waals surface area (Å²) in [5.74, 6) is -0.847. The molecule has 1 aromatic rings. The quantitative estimate of drug-likeness (QED) is 0.356. The Morgan fingerprint density at radius 2 is 1.88 bits per heavy atom. The van der Waals surface area contributed by atoms with Crippen molar-refractivity contribution in [3.63, 3.8) is 0 Å². The van der Waals surface area contributed by atoms with Crippen LogP contribution in [-0.2, 0) is 4.74 Å². The van der Waals surface area contributed by atoms with E-state index < -0.39 is 11.6 Å². The van der Waals surface area contributed by atoms with Crippen LogP contribution in [-0.4, -0.2) is 71.5 Å². The van der Waals surface area contributed by atoms with E-state index in [9.17, 15) is 8.78 Å². The van der Waals surface area contributed by atoms with Gasteiger partial charge in [0.1, 0.15) is 12.4 Å². The summed E-state index contributed by atoms with van der Waals surface area (Å²) in [6.07, 6.45) is 1.00. The first-order valence-corrected chi connectivity index (χ1v) is 8.26. The van der Waals surface area contributed by atoms with Crippen LogP contribution in [0.2, 0.25) is 0 Å². The molecule has 0 unspecified atom stereocenters. The Balaban J connectivity index is 2.16. The lowest BCUT2D eigenvalue weighted by Gasteiger charge is -2.18. The zero-order valence-electron chi connectivity index (χ0n) is 15.1. The van der Waals surface area contributed by atoms with Gasteiger partial charge in [-0.05, 0) is 25.6 Å².